The quantitative estimate of drug-likeness (QED) is 0.754. The zero-order chi connectivity index (χ0) is 21.9. The van der Waals surface area contributed by atoms with Crippen LogP contribution in [0, 0.1) is 17.1 Å². The number of rotatable bonds is 4. The first-order chi connectivity index (χ1) is 14.2. The number of benzene rings is 1. The van der Waals surface area contributed by atoms with Crippen LogP contribution in [-0.4, -0.2) is 36.6 Å². The summed E-state index contributed by atoms with van der Waals surface area (Å²) in [6.07, 6.45) is -3.06. The number of nitrogens with two attached hydrogens (primary N) is 1. The molecule has 2 heterocycles. The van der Waals surface area contributed by atoms with Gasteiger partial charge >= 0.3 is 6.09 Å². The van der Waals surface area contributed by atoms with Gasteiger partial charge in [0.25, 0.3) is 6.43 Å². The summed E-state index contributed by atoms with van der Waals surface area (Å²) in [6, 6.07) is 6.08. The number of ether oxygens (including phenoxy) is 2. The van der Waals surface area contributed by atoms with E-state index < -0.39 is 36.0 Å². The van der Waals surface area contributed by atoms with Crippen LogP contribution in [0.3, 0.4) is 0 Å². The Kier molecular flexibility index (Phi) is 6.09. The maximum absolute atomic E-state index is 14.4. The topological polar surface area (TPSA) is 123 Å². The zero-order valence-electron chi connectivity index (χ0n) is 15.0. The van der Waals surface area contributed by atoms with E-state index in [0.29, 0.717) is 0 Å². The SMILES string of the molecule is N#Cc1cnc(OC(=O)Nc2ccc(F)c(C3(C(F)F)COCC(N)=N3)c2)c(Cl)c1. The predicted octanol–water partition coefficient (Wildman–Crippen LogP) is 3.20. The molecule has 8 nitrogen and oxygen atoms in total. The van der Waals surface area contributed by atoms with Crippen molar-refractivity contribution in [2.45, 2.75) is 12.0 Å². The lowest BCUT2D eigenvalue weighted by molar-refractivity contribution is -0.0145. The van der Waals surface area contributed by atoms with Crippen molar-refractivity contribution in [2.24, 2.45) is 10.7 Å². The minimum Gasteiger partial charge on any atom is -0.389 e. The van der Waals surface area contributed by atoms with E-state index in [1.54, 1.807) is 0 Å². The van der Waals surface area contributed by atoms with Crippen molar-refractivity contribution in [3.05, 3.63) is 52.4 Å². The first-order valence-corrected chi connectivity index (χ1v) is 8.67. The van der Waals surface area contributed by atoms with E-state index in [1.165, 1.54) is 6.07 Å². The van der Waals surface area contributed by atoms with Gasteiger partial charge in [-0.25, -0.2) is 22.9 Å². The van der Waals surface area contributed by atoms with E-state index in [1.807, 2.05) is 6.07 Å². The second kappa shape index (κ2) is 8.56. The molecule has 1 atom stereocenters. The van der Waals surface area contributed by atoms with Crippen molar-refractivity contribution in [3.63, 3.8) is 0 Å². The summed E-state index contributed by atoms with van der Waals surface area (Å²) in [5.74, 6) is -1.47. The largest absolute Gasteiger partial charge is 0.418 e. The molecule has 0 radical (unpaired) electrons. The van der Waals surface area contributed by atoms with Crippen molar-refractivity contribution in [2.75, 3.05) is 18.5 Å². The molecule has 1 unspecified atom stereocenters. The van der Waals surface area contributed by atoms with Crippen LogP contribution < -0.4 is 15.8 Å². The summed E-state index contributed by atoms with van der Waals surface area (Å²) >= 11 is 5.88. The first-order valence-electron chi connectivity index (χ1n) is 8.30. The fraction of sp³-hybridized carbons (Fsp3) is 0.222. The molecule has 0 fully saturated rings. The van der Waals surface area contributed by atoms with Crippen LogP contribution in [-0.2, 0) is 10.3 Å². The van der Waals surface area contributed by atoms with Gasteiger partial charge in [-0.3, -0.25) is 10.3 Å². The molecule has 0 bridgehead atoms. The smallest absolute Gasteiger partial charge is 0.389 e. The number of nitrogens with one attached hydrogen (secondary N) is 1. The molecule has 0 aliphatic carbocycles. The molecule has 156 valence electrons. The van der Waals surface area contributed by atoms with E-state index in [4.69, 9.17) is 32.1 Å². The number of carbonyl (C=O) groups is 1. The number of amidine groups is 1. The fourth-order valence-electron chi connectivity index (χ4n) is 2.73. The second-order valence-corrected chi connectivity index (χ2v) is 6.56. The Bertz CT molecular complexity index is 1060. The highest BCUT2D eigenvalue weighted by Crippen LogP contribution is 2.38. The lowest BCUT2D eigenvalue weighted by Gasteiger charge is -2.33. The number of amides is 1. The maximum Gasteiger partial charge on any atom is 0.418 e. The number of pyridine rings is 1. The number of anilines is 1. The van der Waals surface area contributed by atoms with Crippen LogP contribution >= 0.6 is 11.6 Å². The van der Waals surface area contributed by atoms with E-state index >= 15 is 0 Å². The molecule has 1 aliphatic heterocycles. The van der Waals surface area contributed by atoms with Crippen LogP contribution in [0.4, 0.5) is 23.7 Å². The van der Waals surface area contributed by atoms with Gasteiger partial charge in [0.1, 0.15) is 29.4 Å². The molecule has 0 spiro atoms. The Labute approximate surface area is 173 Å². The Morgan fingerprint density at radius 2 is 2.20 bits per heavy atom. The highest BCUT2D eigenvalue weighted by atomic mass is 35.5. The molecule has 1 amide bonds. The number of carbonyl (C=O) groups excluding carboxylic acids is 1. The fourth-order valence-corrected chi connectivity index (χ4v) is 2.93. The molecule has 3 rings (SSSR count). The third kappa shape index (κ3) is 4.29. The molecule has 3 N–H and O–H groups in total. The number of hydrogen-bond donors (Lipinski definition) is 2. The minimum atomic E-state index is -3.13. The molecule has 30 heavy (non-hydrogen) atoms. The van der Waals surface area contributed by atoms with Gasteiger partial charge in [0.15, 0.2) is 5.54 Å². The van der Waals surface area contributed by atoms with E-state index in [-0.39, 0.29) is 34.6 Å². The van der Waals surface area contributed by atoms with E-state index in [2.05, 4.69) is 15.3 Å². The minimum absolute atomic E-state index is 0.0551. The third-order valence-corrected chi connectivity index (χ3v) is 4.35. The van der Waals surface area contributed by atoms with Crippen LogP contribution in [0.2, 0.25) is 5.02 Å². The van der Waals surface area contributed by atoms with Crippen molar-refractivity contribution in [1.82, 2.24) is 4.98 Å². The standard InChI is InChI=1S/C18H13ClF3N5O3/c19-12-3-9(5-23)6-25-15(12)30-17(28)26-10-1-2-13(20)11(4-10)18(16(21)22)8-29-7-14(24)27-18/h1-4,6,16H,7-8H2,(H2,24,27)(H,26,28). The maximum atomic E-state index is 14.4. The Hall–Kier alpha value is -3.36. The number of nitriles is 1. The molecule has 0 saturated carbocycles. The van der Waals surface area contributed by atoms with Crippen LogP contribution in [0.1, 0.15) is 11.1 Å². The second-order valence-electron chi connectivity index (χ2n) is 6.15. The zero-order valence-corrected chi connectivity index (χ0v) is 15.8. The van der Waals surface area contributed by atoms with Crippen LogP contribution in [0.25, 0.3) is 0 Å². The predicted molar refractivity (Wildman–Crippen MR) is 100 cm³/mol. The van der Waals surface area contributed by atoms with Gasteiger partial charge in [-0.05, 0) is 24.3 Å². The highest BCUT2D eigenvalue weighted by Gasteiger charge is 2.46. The molecule has 12 heteroatoms. The summed E-state index contributed by atoms with van der Waals surface area (Å²) in [4.78, 5) is 19.6. The molecule has 1 aliphatic rings. The van der Waals surface area contributed by atoms with Crippen LogP contribution in [0.5, 0.6) is 5.88 Å². The van der Waals surface area contributed by atoms with Crippen molar-refractivity contribution < 1.29 is 27.4 Å². The third-order valence-electron chi connectivity index (χ3n) is 4.08. The average molecular weight is 440 g/mol. The average Bonchev–Trinajstić information content (AvgIpc) is 2.70. The number of alkyl halides is 2. The Morgan fingerprint density at radius 3 is 2.83 bits per heavy atom. The number of halogens is 4. The van der Waals surface area contributed by atoms with Gasteiger partial charge < -0.3 is 15.2 Å². The van der Waals surface area contributed by atoms with Gasteiger partial charge in [0.05, 0.1) is 12.2 Å². The van der Waals surface area contributed by atoms with E-state index in [9.17, 15) is 18.0 Å². The summed E-state index contributed by atoms with van der Waals surface area (Å²) in [6.45, 7) is -0.750. The summed E-state index contributed by atoms with van der Waals surface area (Å²) < 4.78 is 52.0. The van der Waals surface area contributed by atoms with E-state index in [0.717, 1.165) is 24.4 Å². The number of nitrogens with zero attached hydrogens (tertiary/aromatic N) is 3. The number of aliphatic imine (C=N–C) groups is 1. The summed E-state index contributed by atoms with van der Waals surface area (Å²) in [5, 5.41) is 11.0. The summed E-state index contributed by atoms with van der Waals surface area (Å²) in [7, 11) is 0. The Morgan fingerprint density at radius 1 is 1.43 bits per heavy atom. The molecular weight excluding hydrogens is 427 g/mol. The van der Waals surface area contributed by atoms with Gasteiger partial charge in [-0.1, -0.05) is 11.6 Å². The van der Waals surface area contributed by atoms with Crippen LogP contribution in [0.15, 0.2) is 35.5 Å². The first kappa shape index (κ1) is 21.4. The highest BCUT2D eigenvalue weighted by molar-refractivity contribution is 6.32. The Balaban J connectivity index is 1.86. The van der Waals surface area contributed by atoms with Crippen molar-refractivity contribution in [1.29, 1.82) is 5.26 Å². The monoisotopic (exact) mass is 439 g/mol. The van der Waals surface area contributed by atoms with Gasteiger partial charge in [-0.2, -0.15) is 5.26 Å². The van der Waals surface area contributed by atoms with Crippen molar-refractivity contribution in [3.8, 4) is 11.9 Å². The molecule has 0 saturated heterocycles. The number of hydrogen-bond acceptors (Lipinski definition) is 7. The molecule has 2 aromatic rings. The summed E-state index contributed by atoms with van der Waals surface area (Å²) in [5.41, 5.74) is 2.75. The molecular formula is C18H13ClF3N5O3. The normalized spacial score (nSPS) is 18.5. The van der Waals surface area contributed by atoms with Crippen molar-refractivity contribution >= 4 is 29.2 Å². The lowest BCUT2D eigenvalue weighted by Crippen LogP contribution is -2.45. The van der Waals surface area contributed by atoms with Gasteiger partial charge in [0.2, 0.25) is 5.88 Å². The van der Waals surface area contributed by atoms with Gasteiger partial charge in [0, 0.05) is 17.4 Å². The van der Waals surface area contributed by atoms with Gasteiger partial charge in [-0.15, -0.1) is 0 Å². The lowest BCUT2D eigenvalue weighted by atomic mass is 9.90. The number of aromatic nitrogens is 1. The molecule has 1 aromatic carbocycles. The molecule has 1 aromatic heterocycles.